The number of esters is 1. The molecule has 0 radical (unpaired) electrons. The first-order valence-electron chi connectivity index (χ1n) is 9.73. The summed E-state index contributed by atoms with van der Waals surface area (Å²) >= 11 is 0. The minimum atomic E-state index is -0.355. The normalized spacial score (nSPS) is 45.2. The molecule has 0 saturated heterocycles. The molecule has 3 nitrogen and oxygen atoms in total. The molecule has 1 aliphatic heterocycles. The first kappa shape index (κ1) is 15.5. The molecule has 3 unspecified atom stereocenters. The van der Waals surface area contributed by atoms with Crippen molar-refractivity contribution in [2.75, 3.05) is 0 Å². The van der Waals surface area contributed by atoms with Gasteiger partial charge in [-0.25, -0.2) is 4.79 Å². The number of carbonyl (C=O) groups is 1. The Morgan fingerprint density at radius 3 is 2.88 bits per heavy atom. The molecule has 0 aromatic heterocycles. The van der Waals surface area contributed by atoms with E-state index in [1.807, 2.05) is 0 Å². The summed E-state index contributed by atoms with van der Waals surface area (Å²) in [6.45, 7) is 6.77. The Kier molecular flexibility index (Phi) is 3.03. The van der Waals surface area contributed by atoms with E-state index in [-0.39, 0.29) is 17.0 Å². The van der Waals surface area contributed by atoms with Crippen LogP contribution in [0.1, 0.15) is 51.9 Å². The zero-order valence-corrected chi connectivity index (χ0v) is 15.0. The first-order valence-corrected chi connectivity index (χ1v) is 9.73. The van der Waals surface area contributed by atoms with Crippen LogP contribution in [-0.4, -0.2) is 11.6 Å². The van der Waals surface area contributed by atoms with E-state index in [0.29, 0.717) is 17.8 Å². The van der Waals surface area contributed by atoms with Crippen LogP contribution in [-0.2, 0) is 9.53 Å². The number of nitrogens with two attached hydrogens (primary N) is 1. The van der Waals surface area contributed by atoms with Crippen molar-refractivity contribution in [1.82, 2.24) is 0 Å². The van der Waals surface area contributed by atoms with Crippen LogP contribution in [0.3, 0.4) is 0 Å². The lowest BCUT2D eigenvalue weighted by atomic mass is 9.52. The number of allylic oxidation sites excluding steroid dienone is 5. The van der Waals surface area contributed by atoms with Gasteiger partial charge in [-0.1, -0.05) is 19.1 Å². The van der Waals surface area contributed by atoms with Gasteiger partial charge in [0.15, 0.2) is 0 Å². The highest BCUT2D eigenvalue weighted by Gasteiger charge is 2.64. The lowest BCUT2D eigenvalue weighted by molar-refractivity contribution is -0.159. The maximum Gasteiger partial charge on any atom is 0.331 e. The molecule has 1 heterocycles. The van der Waals surface area contributed by atoms with Crippen LogP contribution in [0.4, 0.5) is 0 Å². The smallest absolute Gasteiger partial charge is 0.331 e. The summed E-state index contributed by atoms with van der Waals surface area (Å²) < 4.78 is 5.90. The van der Waals surface area contributed by atoms with Crippen molar-refractivity contribution >= 4 is 5.97 Å². The molecule has 5 atom stereocenters. The van der Waals surface area contributed by atoms with E-state index in [0.717, 1.165) is 44.2 Å². The highest BCUT2D eigenvalue weighted by atomic mass is 16.6. The van der Waals surface area contributed by atoms with Crippen molar-refractivity contribution in [3.05, 3.63) is 47.2 Å². The Labute approximate surface area is 149 Å². The largest absolute Gasteiger partial charge is 0.451 e. The van der Waals surface area contributed by atoms with Crippen molar-refractivity contribution in [1.29, 1.82) is 0 Å². The number of ether oxygens (including phenoxy) is 1. The average molecular weight is 337 g/mol. The summed E-state index contributed by atoms with van der Waals surface area (Å²) in [5.74, 6) is 1.76. The molecule has 0 aromatic carbocycles. The summed E-state index contributed by atoms with van der Waals surface area (Å²) in [6, 6.07) is 0. The summed E-state index contributed by atoms with van der Waals surface area (Å²) in [5, 5.41) is 0. The standard InChI is InChI=1S/C22H27NO2/c1-13-11-18-16(15-4-3-14(23)12-17(13)15)5-8-21(2)19(18)6-9-22(21)10-7-20(24)25-22/h7,10,12,16,18-19H,1,3-6,8-9,11,23H2,2H3/t16?,18?,19?,21-,22+/m0/s1. The minimum Gasteiger partial charge on any atom is -0.451 e. The highest BCUT2D eigenvalue weighted by Crippen LogP contribution is 2.66. The van der Waals surface area contributed by atoms with Gasteiger partial charge in [-0.3, -0.25) is 0 Å². The molecular formula is C22H27NO2. The van der Waals surface area contributed by atoms with Gasteiger partial charge in [0, 0.05) is 17.2 Å². The van der Waals surface area contributed by atoms with Crippen LogP contribution in [0.25, 0.3) is 0 Å². The zero-order chi connectivity index (χ0) is 17.4. The third kappa shape index (κ3) is 1.90. The van der Waals surface area contributed by atoms with E-state index in [1.165, 1.54) is 17.6 Å². The molecular weight excluding hydrogens is 310 g/mol. The third-order valence-electron chi connectivity index (χ3n) is 8.06. The Hall–Kier alpha value is -1.77. The number of rotatable bonds is 0. The van der Waals surface area contributed by atoms with E-state index < -0.39 is 0 Å². The Balaban J connectivity index is 1.53. The van der Waals surface area contributed by atoms with Crippen LogP contribution in [0, 0.1) is 23.2 Å². The van der Waals surface area contributed by atoms with E-state index >= 15 is 0 Å². The van der Waals surface area contributed by atoms with Gasteiger partial charge >= 0.3 is 5.97 Å². The van der Waals surface area contributed by atoms with Crippen molar-refractivity contribution in [2.24, 2.45) is 28.9 Å². The second-order valence-corrected chi connectivity index (χ2v) is 8.98. The lowest BCUT2D eigenvalue weighted by Gasteiger charge is -2.53. The molecule has 4 aliphatic carbocycles. The maximum absolute atomic E-state index is 11.8. The zero-order valence-electron chi connectivity index (χ0n) is 15.0. The summed E-state index contributed by atoms with van der Waals surface area (Å²) in [5.41, 5.74) is 11.0. The highest BCUT2D eigenvalue weighted by molar-refractivity contribution is 5.85. The van der Waals surface area contributed by atoms with Crippen LogP contribution in [0.2, 0.25) is 0 Å². The second kappa shape index (κ2) is 4.90. The summed E-state index contributed by atoms with van der Waals surface area (Å²) in [4.78, 5) is 11.8. The quantitative estimate of drug-likeness (QED) is 0.675. The third-order valence-corrected chi connectivity index (χ3v) is 8.06. The fourth-order valence-corrected chi connectivity index (χ4v) is 6.80. The molecule has 5 aliphatic rings. The second-order valence-electron chi connectivity index (χ2n) is 8.98. The van der Waals surface area contributed by atoms with Gasteiger partial charge in [-0.05, 0) is 86.0 Å². The number of hydrogen-bond donors (Lipinski definition) is 1. The topological polar surface area (TPSA) is 52.3 Å². The predicted molar refractivity (Wildman–Crippen MR) is 97.3 cm³/mol. The van der Waals surface area contributed by atoms with Gasteiger partial charge in [0.1, 0.15) is 5.60 Å². The fraction of sp³-hybridized carbons (Fsp3) is 0.591. The van der Waals surface area contributed by atoms with Crippen molar-refractivity contribution in [2.45, 2.75) is 57.5 Å². The monoisotopic (exact) mass is 337 g/mol. The molecule has 2 N–H and O–H groups in total. The average Bonchev–Trinajstić information content (AvgIpc) is 3.10. The summed E-state index contributed by atoms with van der Waals surface area (Å²) in [6.07, 6.45) is 13.5. The Bertz CT molecular complexity index is 773. The fourth-order valence-electron chi connectivity index (χ4n) is 6.80. The number of hydrogen-bond acceptors (Lipinski definition) is 3. The van der Waals surface area contributed by atoms with Gasteiger partial charge in [0.05, 0.1) is 0 Å². The lowest BCUT2D eigenvalue weighted by Crippen LogP contribution is -2.51. The van der Waals surface area contributed by atoms with Crippen LogP contribution < -0.4 is 5.73 Å². The Morgan fingerprint density at radius 2 is 2.12 bits per heavy atom. The van der Waals surface area contributed by atoms with Crippen LogP contribution in [0.5, 0.6) is 0 Å². The van der Waals surface area contributed by atoms with Gasteiger partial charge in [0.2, 0.25) is 0 Å². The summed E-state index contributed by atoms with van der Waals surface area (Å²) in [7, 11) is 0. The molecule has 2 fully saturated rings. The minimum absolute atomic E-state index is 0.0682. The molecule has 5 rings (SSSR count). The molecule has 0 amide bonds. The van der Waals surface area contributed by atoms with Crippen molar-refractivity contribution < 1.29 is 9.53 Å². The van der Waals surface area contributed by atoms with E-state index in [2.05, 4.69) is 25.7 Å². The maximum atomic E-state index is 11.8. The number of carbonyl (C=O) groups excluding carboxylic acids is 1. The molecule has 132 valence electrons. The first-order chi connectivity index (χ1) is 11.9. The van der Waals surface area contributed by atoms with E-state index in [1.54, 1.807) is 11.6 Å². The molecule has 1 spiro atoms. The molecule has 3 heteroatoms. The van der Waals surface area contributed by atoms with Crippen molar-refractivity contribution in [3.8, 4) is 0 Å². The van der Waals surface area contributed by atoms with E-state index in [4.69, 9.17) is 10.5 Å². The van der Waals surface area contributed by atoms with Crippen LogP contribution >= 0.6 is 0 Å². The van der Waals surface area contributed by atoms with Gasteiger partial charge < -0.3 is 10.5 Å². The van der Waals surface area contributed by atoms with Crippen LogP contribution in [0.15, 0.2) is 47.2 Å². The molecule has 2 saturated carbocycles. The van der Waals surface area contributed by atoms with Crippen molar-refractivity contribution in [3.63, 3.8) is 0 Å². The van der Waals surface area contributed by atoms with Gasteiger partial charge in [-0.2, -0.15) is 0 Å². The van der Waals surface area contributed by atoms with E-state index in [9.17, 15) is 4.79 Å². The van der Waals surface area contributed by atoms with Gasteiger partial charge in [-0.15, -0.1) is 0 Å². The molecule has 25 heavy (non-hydrogen) atoms. The Morgan fingerprint density at radius 1 is 1.28 bits per heavy atom. The molecule has 0 aromatic rings. The van der Waals surface area contributed by atoms with Gasteiger partial charge in [0.25, 0.3) is 0 Å². The molecule has 0 bridgehead atoms. The predicted octanol–water partition coefficient (Wildman–Crippen LogP) is 4.17. The SMILES string of the molecule is C=C1CC2C(CC[C@@]3(C)C2CC[C@@]32C=CC(=O)O2)C2=C1C=C(N)CC2. The number of fused-ring (bicyclic) bond motifs is 5.